The second-order valence-electron chi connectivity index (χ2n) is 5.77. The van der Waals surface area contributed by atoms with Crippen molar-refractivity contribution in [1.82, 2.24) is 5.32 Å². The highest BCUT2D eigenvalue weighted by Gasteiger charge is 2.22. The number of nitrogens with zero attached hydrogens (tertiary/aromatic N) is 1. The Kier molecular flexibility index (Phi) is 7.46. The molecule has 0 bridgehead atoms. The van der Waals surface area contributed by atoms with E-state index in [0.717, 1.165) is 10.0 Å². The summed E-state index contributed by atoms with van der Waals surface area (Å²) < 4.78 is 0.952. The Bertz CT molecular complexity index is 693. The summed E-state index contributed by atoms with van der Waals surface area (Å²) in [5.41, 5.74) is 1.53. The average molecular weight is 394 g/mol. The number of halogens is 1. The minimum atomic E-state index is -1.12. The van der Waals surface area contributed by atoms with Gasteiger partial charge in [-0.15, -0.1) is 0 Å². The van der Waals surface area contributed by atoms with Gasteiger partial charge in [0, 0.05) is 16.4 Å². The van der Waals surface area contributed by atoms with E-state index in [1.165, 1.54) is 6.20 Å². The van der Waals surface area contributed by atoms with Crippen LogP contribution in [-0.2, 0) is 9.59 Å². The number of carboxylic acid groups (broad SMARTS) is 1. The second-order valence-corrected chi connectivity index (χ2v) is 6.63. The van der Waals surface area contributed by atoms with Crippen LogP contribution >= 0.6 is 15.9 Å². The van der Waals surface area contributed by atoms with Crippen molar-refractivity contribution in [3.05, 3.63) is 40.0 Å². The molecule has 0 fully saturated rings. The first-order valence-electron chi connectivity index (χ1n) is 7.41. The number of anilines is 1. The summed E-state index contributed by atoms with van der Waals surface area (Å²) in [7, 11) is 0. The van der Waals surface area contributed by atoms with Crippen molar-refractivity contribution in [2.45, 2.75) is 33.2 Å². The fraction of sp³-hybridized carbons (Fsp3) is 0.353. The van der Waals surface area contributed by atoms with Crippen LogP contribution < -0.4 is 10.6 Å². The maximum atomic E-state index is 12.1. The lowest BCUT2D eigenvalue weighted by molar-refractivity contribution is -0.141. The van der Waals surface area contributed by atoms with E-state index in [0.29, 0.717) is 12.1 Å². The average Bonchev–Trinajstić information content (AvgIpc) is 2.50. The highest BCUT2D eigenvalue weighted by Crippen LogP contribution is 2.20. The molecule has 6 nitrogen and oxygen atoms in total. The van der Waals surface area contributed by atoms with Crippen LogP contribution in [0.4, 0.5) is 5.69 Å². The van der Waals surface area contributed by atoms with Crippen molar-refractivity contribution in [2.24, 2.45) is 5.92 Å². The van der Waals surface area contributed by atoms with Crippen LogP contribution in [0.2, 0.25) is 0 Å². The normalized spacial score (nSPS) is 12.4. The van der Waals surface area contributed by atoms with Crippen molar-refractivity contribution >= 4 is 33.5 Å². The fourth-order valence-corrected chi connectivity index (χ4v) is 2.21. The summed E-state index contributed by atoms with van der Waals surface area (Å²) in [4.78, 5) is 23.3. The third-order valence-corrected chi connectivity index (χ3v) is 4.11. The molecule has 24 heavy (non-hydrogen) atoms. The maximum Gasteiger partial charge on any atom is 0.326 e. The van der Waals surface area contributed by atoms with Crippen LogP contribution in [0.1, 0.15) is 25.8 Å². The van der Waals surface area contributed by atoms with Crippen molar-refractivity contribution in [3.8, 4) is 6.07 Å². The van der Waals surface area contributed by atoms with E-state index < -0.39 is 17.9 Å². The zero-order valence-corrected chi connectivity index (χ0v) is 15.3. The molecule has 0 aliphatic heterocycles. The summed E-state index contributed by atoms with van der Waals surface area (Å²) in [5.74, 6) is -1.73. The fourth-order valence-electron chi connectivity index (χ4n) is 1.97. The number of aliphatic carboxylic acids is 1. The standard InChI is InChI=1S/C17H20BrN3O3/c1-10(2)6-15(17(23)24)21-16(22)12(8-19)9-20-13-4-5-14(18)11(3)7-13/h4-5,7,9-10,15,20H,6H2,1-3H3,(H,21,22)(H,23,24)/b12-9-. The van der Waals surface area contributed by atoms with Gasteiger partial charge in [-0.3, -0.25) is 4.79 Å². The first-order valence-corrected chi connectivity index (χ1v) is 8.20. The third-order valence-electron chi connectivity index (χ3n) is 3.22. The maximum absolute atomic E-state index is 12.1. The molecule has 128 valence electrons. The van der Waals surface area contributed by atoms with E-state index in [-0.39, 0.29) is 11.5 Å². The van der Waals surface area contributed by atoms with Crippen LogP contribution in [0.25, 0.3) is 0 Å². The molecule has 1 amide bonds. The number of benzene rings is 1. The molecule has 7 heteroatoms. The molecule has 0 aliphatic rings. The monoisotopic (exact) mass is 393 g/mol. The predicted molar refractivity (Wildman–Crippen MR) is 95.2 cm³/mol. The number of hydrogen-bond acceptors (Lipinski definition) is 4. The minimum absolute atomic E-state index is 0.102. The zero-order valence-electron chi connectivity index (χ0n) is 13.8. The number of carbonyl (C=O) groups is 2. The molecule has 0 spiro atoms. The van der Waals surface area contributed by atoms with Crippen LogP contribution in [0.5, 0.6) is 0 Å². The van der Waals surface area contributed by atoms with Gasteiger partial charge in [-0.25, -0.2) is 4.79 Å². The highest BCUT2D eigenvalue weighted by atomic mass is 79.9. The minimum Gasteiger partial charge on any atom is -0.480 e. The Morgan fingerprint density at radius 3 is 2.58 bits per heavy atom. The van der Waals surface area contributed by atoms with E-state index >= 15 is 0 Å². The van der Waals surface area contributed by atoms with Crippen LogP contribution in [0, 0.1) is 24.2 Å². The van der Waals surface area contributed by atoms with E-state index in [9.17, 15) is 9.59 Å². The zero-order chi connectivity index (χ0) is 18.3. The molecule has 0 radical (unpaired) electrons. The van der Waals surface area contributed by atoms with E-state index in [1.54, 1.807) is 12.1 Å². The van der Waals surface area contributed by atoms with Crippen LogP contribution in [0.15, 0.2) is 34.4 Å². The topological polar surface area (TPSA) is 102 Å². The predicted octanol–water partition coefficient (Wildman–Crippen LogP) is 3.19. The lowest BCUT2D eigenvalue weighted by Gasteiger charge is -2.16. The van der Waals surface area contributed by atoms with Gasteiger partial charge in [-0.2, -0.15) is 5.26 Å². The first-order chi connectivity index (χ1) is 11.2. The van der Waals surface area contributed by atoms with E-state index in [2.05, 4.69) is 26.6 Å². The van der Waals surface area contributed by atoms with Gasteiger partial charge in [0.25, 0.3) is 5.91 Å². The number of nitriles is 1. The smallest absolute Gasteiger partial charge is 0.326 e. The Hall–Kier alpha value is -2.33. The molecule has 3 N–H and O–H groups in total. The van der Waals surface area contributed by atoms with Crippen molar-refractivity contribution in [3.63, 3.8) is 0 Å². The molecule has 1 aromatic carbocycles. The third kappa shape index (κ3) is 6.05. The van der Waals surface area contributed by atoms with Crippen molar-refractivity contribution in [2.75, 3.05) is 5.32 Å². The van der Waals surface area contributed by atoms with Crippen LogP contribution in [-0.4, -0.2) is 23.0 Å². The van der Waals surface area contributed by atoms with Gasteiger partial charge in [-0.1, -0.05) is 29.8 Å². The molecule has 0 aliphatic carbocycles. The lowest BCUT2D eigenvalue weighted by atomic mass is 10.0. The summed E-state index contributed by atoms with van der Waals surface area (Å²) in [6.45, 7) is 5.64. The van der Waals surface area contributed by atoms with E-state index in [4.69, 9.17) is 10.4 Å². The number of carbonyl (C=O) groups excluding carboxylic acids is 1. The van der Waals surface area contributed by atoms with Gasteiger partial charge in [-0.05, 0) is 43.0 Å². The van der Waals surface area contributed by atoms with Gasteiger partial charge in [0.05, 0.1) is 0 Å². The van der Waals surface area contributed by atoms with E-state index in [1.807, 2.05) is 32.9 Å². The quantitative estimate of drug-likeness (QED) is 0.487. The van der Waals surface area contributed by atoms with Gasteiger partial charge in [0.15, 0.2) is 0 Å². The Morgan fingerprint density at radius 2 is 2.08 bits per heavy atom. The summed E-state index contributed by atoms with van der Waals surface area (Å²) in [6, 6.07) is 6.25. The molecule has 0 aromatic heterocycles. The molecular formula is C17H20BrN3O3. The first kappa shape index (κ1) is 19.7. The van der Waals surface area contributed by atoms with Crippen molar-refractivity contribution < 1.29 is 14.7 Å². The lowest BCUT2D eigenvalue weighted by Crippen LogP contribution is -2.42. The Labute approximate surface area is 149 Å². The molecule has 0 heterocycles. The molecule has 1 unspecified atom stereocenters. The van der Waals surface area contributed by atoms with Crippen molar-refractivity contribution in [1.29, 1.82) is 5.26 Å². The number of nitrogens with one attached hydrogen (secondary N) is 2. The molecule has 1 aromatic rings. The summed E-state index contributed by atoms with van der Waals surface area (Å²) in [5, 5.41) is 23.5. The molecule has 0 saturated carbocycles. The SMILES string of the molecule is Cc1cc(N/C=C(/C#N)C(=O)NC(CC(C)C)C(=O)O)ccc1Br. The molecule has 1 rings (SSSR count). The summed E-state index contributed by atoms with van der Waals surface area (Å²) >= 11 is 3.39. The van der Waals surface area contributed by atoms with Gasteiger partial charge in [0.2, 0.25) is 0 Å². The summed E-state index contributed by atoms with van der Waals surface area (Å²) in [6.07, 6.45) is 1.56. The van der Waals surface area contributed by atoms with Crippen LogP contribution in [0.3, 0.4) is 0 Å². The Balaban J connectivity index is 2.83. The number of rotatable bonds is 7. The number of amides is 1. The van der Waals surface area contributed by atoms with Gasteiger partial charge < -0.3 is 15.7 Å². The van der Waals surface area contributed by atoms with Gasteiger partial charge in [0.1, 0.15) is 17.7 Å². The number of carboxylic acids is 1. The highest BCUT2D eigenvalue weighted by molar-refractivity contribution is 9.10. The molecular weight excluding hydrogens is 374 g/mol. The molecule has 0 saturated heterocycles. The Morgan fingerprint density at radius 1 is 1.42 bits per heavy atom. The number of aryl methyl sites for hydroxylation is 1. The molecule has 1 atom stereocenters. The number of hydrogen-bond donors (Lipinski definition) is 3. The van der Waals surface area contributed by atoms with Gasteiger partial charge >= 0.3 is 5.97 Å². The second kappa shape index (κ2) is 9.08. The largest absolute Gasteiger partial charge is 0.480 e.